The van der Waals surface area contributed by atoms with Crippen molar-refractivity contribution in [1.82, 2.24) is 14.7 Å². The molecule has 16 heteroatoms. The van der Waals surface area contributed by atoms with Crippen molar-refractivity contribution >= 4 is 27.5 Å². The zero-order valence-corrected chi connectivity index (χ0v) is 24.0. The first-order chi connectivity index (χ1) is 20.3. The van der Waals surface area contributed by atoms with Crippen molar-refractivity contribution in [3.05, 3.63) is 77.6 Å². The first-order valence-corrected chi connectivity index (χ1v) is 14.5. The number of amides is 3. The summed E-state index contributed by atoms with van der Waals surface area (Å²) in [4.78, 5) is 27.1. The highest BCUT2D eigenvalue weighted by Gasteiger charge is 2.52. The second-order valence-electron chi connectivity index (χ2n) is 10.3. The lowest BCUT2D eigenvalue weighted by molar-refractivity contribution is -0.140. The van der Waals surface area contributed by atoms with Gasteiger partial charge in [0, 0.05) is 24.6 Å². The lowest BCUT2D eigenvalue weighted by Gasteiger charge is -2.26. The van der Waals surface area contributed by atoms with Gasteiger partial charge >= 0.3 is 18.4 Å². The van der Waals surface area contributed by atoms with Crippen molar-refractivity contribution in [2.75, 3.05) is 17.7 Å². The first kappa shape index (κ1) is 32.3. The molecule has 44 heavy (non-hydrogen) atoms. The zero-order chi connectivity index (χ0) is 32.8. The molecule has 3 aromatic rings. The van der Waals surface area contributed by atoms with Crippen molar-refractivity contribution in [3.63, 3.8) is 0 Å². The molecule has 1 saturated heterocycles. The van der Waals surface area contributed by atoms with Crippen LogP contribution in [0, 0.1) is 11.3 Å². The number of allylic oxidation sites excluding steroid dienone is 1. The van der Waals surface area contributed by atoms with E-state index in [1.807, 2.05) is 0 Å². The van der Waals surface area contributed by atoms with Crippen molar-refractivity contribution in [2.45, 2.75) is 43.2 Å². The topological polar surface area (TPSA) is 116 Å². The Bertz CT molecular complexity index is 1820. The summed E-state index contributed by atoms with van der Waals surface area (Å²) in [5, 5.41) is 13.1. The van der Waals surface area contributed by atoms with Crippen LogP contribution >= 0.6 is 0 Å². The molecule has 1 aromatic heterocycles. The Labute approximate surface area is 247 Å². The van der Waals surface area contributed by atoms with Gasteiger partial charge in [0.05, 0.1) is 46.1 Å². The van der Waals surface area contributed by atoms with E-state index in [-0.39, 0.29) is 18.7 Å². The molecule has 0 bridgehead atoms. The minimum Gasteiger partial charge on any atom is -0.306 e. The normalized spacial score (nSPS) is 15.8. The average molecular weight is 640 g/mol. The van der Waals surface area contributed by atoms with Gasteiger partial charge in [-0.05, 0) is 49.7 Å². The quantitative estimate of drug-likeness (QED) is 0.187. The van der Waals surface area contributed by atoms with Crippen molar-refractivity contribution in [2.24, 2.45) is 0 Å². The number of hydrogen-bond acceptors (Lipinski definition) is 6. The van der Waals surface area contributed by atoms with Crippen LogP contribution in [0.1, 0.15) is 30.5 Å². The molecule has 3 amide bonds. The zero-order valence-electron chi connectivity index (χ0n) is 23.2. The Hall–Kier alpha value is -4.65. The van der Waals surface area contributed by atoms with Gasteiger partial charge in [0.25, 0.3) is 5.91 Å². The van der Waals surface area contributed by atoms with Crippen LogP contribution in [0.15, 0.2) is 65.8 Å². The molecule has 2 heterocycles. The fourth-order valence-electron chi connectivity index (χ4n) is 4.60. The van der Waals surface area contributed by atoms with Crippen LogP contribution in [0.4, 0.5) is 36.8 Å². The summed E-state index contributed by atoms with van der Waals surface area (Å²) in [5.41, 5.74) is -4.48. The molecule has 1 fully saturated rings. The standard InChI is InChI=1S/C28H23F6N5O4S/c1-26(2)24(40)39(20-8-9-23(44(3,42)43)22(13-20)28(32,33)34)25(41)38(26)11-5-4-10-37-16-19(15-36-37)17-6-7-18(14-35)21(12-17)27(29,30)31/h4-9,12-13,15-16H,10-11H2,1-3H3/b5-4-. The fourth-order valence-corrected chi connectivity index (χ4v) is 5.49. The second kappa shape index (κ2) is 11.1. The van der Waals surface area contributed by atoms with Gasteiger partial charge in [-0.25, -0.2) is 18.1 Å². The van der Waals surface area contributed by atoms with Crippen LogP contribution in [0.2, 0.25) is 0 Å². The van der Waals surface area contributed by atoms with E-state index in [0.29, 0.717) is 28.9 Å². The molecule has 9 nitrogen and oxygen atoms in total. The molecule has 0 saturated carbocycles. The third kappa shape index (κ3) is 6.18. The second-order valence-corrected chi connectivity index (χ2v) is 12.3. The van der Waals surface area contributed by atoms with Crippen LogP contribution < -0.4 is 4.90 Å². The number of carbonyl (C=O) groups excluding carboxylic acids is 2. The van der Waals surface area contributed by atoms with Crippen molar-refractivity contribution < 1.29 is 44.3 Å². The minimum absolute atomic E-state index is 0.115. The average Bonchev–Trinajstić information content (AvgIpc) is 3.45. The summed E-state index contributed by atoms with van der Waals surface area (Å²) in [7, 11) is -4.27. The maximum atomic E-state index is 13.7. The highest BCUT2D eigenvalue weighted by Crippen LogP contribution is 2.39. The lowest BCUT2D eigenvalue weighted by Crippen LogP contribution is -2.44. The summed E-state index contributed by atoms with van der Waals surface area (Å²) in [5.74, 6) is -0.825. The van der Waals surface area contributed by atoms with Gasteiger partial charge in [-0.1, -0.05) is 18.2 Å². The van der Waals surface area contributed by atoms with E-state index in [1.165, 1.54) is 49.1 Å². The molecule has 1 aliphatic rings. The van der Waals surface area contributed by atoms with Gasteiger partial charge < -0.3 is 4.90 Å². The van der Waals surface area contributed by atoms with Gasteiger partial charge in [-0.3, -0.25) is 9.48 Å². The van der Waals surface area contributed by atoms with E-state index < -0.39 is 66.9 Å². The number of benzene rings is 2. The predicted octanol–water partition coefficient (Wildman–Crippen LogP) is 5.67. The van der Waals surface area contributed by atoms with Gasteiger partial charge in [0.15, 0.2) is 9.84 Å². The lowest BCUT2D eigenvalue weighted by atomic mass is 10.0. The molecule has 0 aliphatic carbocycles. The van der Waals surface area contributed by atoms with E-state index in [9.17, 15) is 44.3 Å². The Kier molecular flexibility index (Phi) is 8.16. The number of anilines is 1. The molecule has 4 rings (SSSR count). The van der Waals surface area contributed by atoms with Crippen LogP contribution in [0.3, 0.4) is 0 Å². The monoisotopic (exact) mass is 639 g/mol. The molecule has 2 aromatic carbocycles. The Morgan fingerprint density at radius 1 is 0.932 bits per heavy atom. The number of carbonyl (C=O) groups is 2. The number of rotatable bonds is 7. The van der Waals surface area contributed by atoms with Crippen molar-refractivity contribution in [3.8, 4) is 17.2 Å². The smallest absolute Gasteiger partial charge is 0.306 e. The van der Waals surface area contributed by atoms with Gasteiger partial charge in [-0.15, -0.1) is 0 Å². The summed E-state index contributed by atoms with van der Waals surface area (Å²) >= 11 is 0. The maximum Gasteiger partial charge on any atom is 0.417 e. The third-order valence-corrected chi connectivity index (χ3v) is 8.06. The molecule has 0 spiro atoms. The molecule has 0 unspecified atom stereocenters. The molecular weight excluding hydrogens is 616 g/mol. The number of imide groups is 1. The minimum atomic E-state index is -5.08. The van der Waals surface area contributed by atoms with Crippen LogP contribution in [-0.2, 0) is 33.5 Å². The van der Waals surface area contributed by atoms with Gasteiger partial charge in [0.2, 0.25) is 0 Å². The molecular formula is C28H23F6N5O4S. The third-order valence-electron chi connectivity index (χ3n) is 6.91. The summed E-state index contributed by atoms with van der Waals surface area (Å²) in [6.45, 7) is 2.79. The number of sulfone groups is 1. The highest BCUT2D eigenvalue weighted by molar-refractivity contribution is 7.90. The number of halogens is 6. The van der Waals surface area contributed by atoms with Crippen LogP contribution in [0.25, 0.3) is 11.1 Å². The van der Waals surface area contributed by atoms with Crippen LogP contribution in [-0.4, -0.2) is 53.4 Å². The first-order valence-electron chi connectivity index (χ1n) is 12.6. The Balaban J connectivity index is 1.51. The molecule has 0 atom stereocenters. The Morgan fingerprint density at radius 3 is 2.16 bits per heavy atom. The van der Waals surface area contributed by atoms with E-state index in [4.69, 9.17) is 5.26 Å². The molecule has 232 valence electrons. The number of hydrogen-bond donors (Lipinski definition) is 0. The van der Waals surface area contributed by atoms with E-state index in [0.717, 1.165) is 23.1 Å². The number of urea groups is 1. The molecule has 1 aliphatic heterocycles. The SMILES string of the molecule is CC1(C)C(=O)N(c2ccc(S(C)(=O)=O)c(C(F)(F)F)c2)C(=O)N1C/C=C\Cn1cc(-c2ccc(C#N)c(C(F)(F)F)c2)cn1. The van der Waals surface area contributed by atoms with E-state index in [2.05, 4.69) is 5.10 Å². The van der Waals surface area contributed by atoms with E-state index >= 15 is 0 Å². The van der Waals surface area contributed by atoms with Crippen LogP contribution in [0.5, 0.6) is 0 Å². The number of alkyl halides is 6. The largest absolute Gasteiger partial charge is 0.417 e. The number of nitrogens with zero attached hydrogens (tertiary/aromatic N) is 5. The van der Waals surface area contributed by atoms with Gasteiger partial charge in [0.1, 0.15) is 5.54 Å². The number of nitriles is 1. The van der Waals surface area contributed by atoms with Crippen molar-refractivity contribution in [1.29, 1.82) is 5.26 Å². The summed E-state index contributed by atoms with van der Waals surface area (Å²) in [6.07, 6.45) is -3.31. The molecule has 0 N–H and O–H groups in total. The Morgan fingerprint density at radius 2 is 1.57 bits per heavy atom. The van der Waals surface area contributed by atoms with Gasteiger partial charge in [-0.2, -0.15) is 36.7 Å². The predicted molar refractivity (Wildman–Crippen MR) is 145 cm³/mol. The molecule has 0 radical (unpaired) electrons. The number of aromatic nitrogens is 2. The summed E-state index contributed by atoms with van der Waals surface area (Å²) in [6, 6.07) is 5.97. The maximum absolute atomic E-state index is 13.7. The fraction of sp³-hybridized carbons (Fsp3) is 0.286. The van der Waals surface area contributed by atoms with E-state index in [1.54, 1.807) is 6.08 Å². The summed E-state index contributed by atoms with van der Waals surface area (Å²) < 4.78 is 106. The highest BCUT2D eigenvalue weighted by atomic mass is 32.2.